The van der Waals surface area contributed by atoms with E-state index in [0.717, 1.165) is 36.1 Å². The normalized spacial score (nSPS) is 14.4. The highest BCUT2D eigenvalue weighted by atomic mass is 32.2. The van der Waals surface area contributed by atoms with Crippen molar-refractivity contribution in [1.29, 1.82) is 0 Å². The molecule has 1 unspecified atom stereocenters. The summed E-state index contributed by atoms with van der Waals surface area (Å²) in [5, 5.41) is 12.0. The number of nitrogen functional groups attached to an aromatic ring is 1. The molecule has 1 aliphatic rings. The van der Waals surface area contributed by atoms with Crippen molar-refractivity contribution in [1.82, 2.24) is 14.8 Å². The molecule has 8 nitrogen and oxygen atoms in total. The third-order valence-electron chi connectivity index (χ3n) is 4.76. The third-order valence-corrected chi connectivity index (χ3v) is 6.61. The molecule has 152 valence electrons. The number of anilines is 2. The number of aryl methyl sites for hydroxylation is 1. The van der Waals surface area contributed by atoms with Crippen molar-refractivity contribution < 1.29 is 14.3 Å². The number of aromatic nitrogens is 3. The number of thiophene rings is 1. The zero-order chi connectivity index (χ0) is 20.3. The maximum Gasteiger partial charge on any atom is 0.341 e. The monoisotopic (exact) mass is 423 g/mol. The van der Waals surface area contributed by atoms with Gasteiger partial charge in [-0.3, -0.25) is 9.36 Å². The molecule has 0 aliphatic heterocycles. The van der Waals surface area contributed by atoms with Crippen LogP contribution in [0, 0.1) is 0 Å². The Bertz CT molecular complexity index is 877. The molecule has 0 saturated heterocycles. The molecular formula is C18H25N5O3S2. The summed E-state index contributed by atoms with van der Waals surface area (Å²) in [6, 6.07) is -0.563. The Hall–Kier alpha value is -2.07. The van der Waals surface area contributed by atoms with Crippen LogP contribution in [-0.4, -0.2) is 39.5 Å². The molecule has 0 aromatic carbocycles. The summed E-state index contributed by atoms with van der Waals surface area (Å²) in [6.07, 6.45) is 6.26. The quantitative estimate of drug-likeness (QED) is 0.519. The number of hydrogen-bond acceptors (Lipinski definition) is 8. The number of nitrogens with two attached hydrogens (primary N) is 1. The molecule has 3 N–H and O–H groups in total. The molecule has 2 heterocycles. The SMILES string of the molecule is CCOC(=O)c1c(NC(=O)C(CC)n2c(N)nnc2SC)sc2c1CCCC2. The number of nitrogens with one attached hydrogen (secondary N) is 1. The smallest absolute Gasteiger partial charge is 0.341 e. The fourth-order valence-corrected chi connectivity index (χ4v) is 5.29. The van der Waals surface area contributed by atoms with Gasteiger partial charge < -0.3 is 15.8 Å². The standard InChI is InChI=1S/C18H25N5O3S2/c1-4-11(23-17(19)21-22-18(23)27-3)14(24)20-15-13(16(25)26-5-2)10-8-6-7-9-12(10)28-15/h11H,4-9H2,1-3H3,(H2,19,21)(H,20,24). The first kappa shape index (κ1) is 20.7. The number of amides is 1. The number of hydrogen-bond donors (Lipinski definition) is 2. The van der Waals surface area contributed by atoms with Crippen LogP contribution in [0.15, 0.2) is 5.16 Å². The van der Waals surface area contributed by atoms with Gasteiger partial charge in [0.05, 0.1) is 12.2 Å². The van der Waals surface area contributed by atoms with E-state index in [1.54, 1.807) is 11.5 Å². The van der Waals surface area contributed by atoms with E-state index in [-0.39, 0.29) is 17.8 Å². The van der Waals surface area contributed by atoms with Gasteiger partial charge in [-0.05, 0) is 50.8 Å². The molecule has 0 bridgehead atoms. The minimum atomic E-state index is -0.563. The van der Waals surface area contributed by atoms with Gasteiger partial charge in [-0.15, -0.1) is 21.5 Å². The van der Waals surface area contributed by atoms with Crippen LogP contribution < -0.4 is 11.1 Å². The maximum atomic E-state index is 13.1. The third kappa shape index (κ3) is 3.88. The second-order valence-corrected chi connectivity index (χ2v) is 8.34. The molecule has 28 heavy (non-hydrogen) atoms. The van der Waals surface area contributed by atoms with Crippen molar-refractivity contribution in [3.05, 3.63) is 16.0 Å². The lowest BCUT2D eigenvalue weighted by Crippen LogP contribution is -2.27. The summed E-state index contributed by atoms with van der Waals surface area (Å²) in [5.74, 6) is -0.422. The maximum absolute atomic E-state index is 13.1. The minimum Gasteiger partial charge on any atom is -0.462 e. The summed E-state index contributed by atoms with van der Waals surface area (Å²) >= 11 is 2.85. The van der Waals surface area contributed by atoms with Gasteiger partial charge in [-0.2, -0.15) is 0 Å². The second kappa shape index (κ2) is 8.95. The Morgan fingerprint density at radius 2 is 2.07 bits per heavy atom. The first-order chi connectivity index (χ1) is 13.5. The molecule has 2 aromatic rings. The largest absolute Gasteiger partial charge is 0.462 e. The van der Waals surface area contributed by atoms with Gasteiger partial charge in [0.2, 0.25) is 11.9 Å². The first-order valence-corrected chi connectivity index (χ1v) is 11.4. The summed E-state index contributed by atoms with van der Waals surface area (Å²) < 4.78 is 6.89. The molecule has 0 spiro atoms. The Morgan fingerprint density at radius 1 is 1.32 bits per heavy atom. The van der Waals surface area contributed by atoms with Crippen molar-refractivity contribution >= 4 is 45.9 Å². The molecule has 1 atom stereocenters. The lowest BCUT2D eigenvalue weighted by atomic mass is 9.95. The number of fused-ring (bicyclic) bond motifs is 1. The molecule has 10 heteroatoms. The van der Waals surface area contributed by atoms with Crippen molar-refractivity contribution in [3.63, 3.8) is 0 Å². The highest BCUT2D eigenvalue weighted by Gasteiger charge is 2.30. The van der Waals surface area contributed by atoms with E-state index < -0.39 is 6.04 Å². The van der Waals surface area contributed by atoms with Crippen LogP contribution in [-0.2, 0) is 22.4 Å². The van der Waals surface area contributed by atoms with Crippen LogP contribution in [0.4, 0.5) is 10.9 Å². The summed E-state index contributed by atoms with van der Waals surface area (Å²) in [4.78, 5) is 26.9. The highest BCUT2D eigenvalue weighted by Crippen LogP contribution is 2.39. The van der Waals surface area contributed by atoms with Crippen molar-refractivity contribution in [2.24, 2.45) is 0 Å². The molecule has 0 radical (unpaired) electrons. The number of thioether (sulfide) groups is 1. The zero-order valence-electron chi connectivity index (χ0n) is 16.3. The summed E-state index contributed by atoms with van der Waals surface area (Å²) in [6.45, 7) is 3.98. The Morgan fingerprint density at radius 3 is 2.75 bits per heavy atom. The van der Waals surface area contributed by atoms with E-state index in [2.05, 4.69) is 15.5 Å². The average Bonchev–Trinajstić information content (AvgIpc) is 3.23. The lowest BCUT2D eigenvalue weighted by Gasteiger charge is -2.18. The van der Waals surface area contributed by atoms with Gasteiger partial charge in [0.25, 0.3) is 0 Å². The zero-order valence-corrected chi connectivity index (χ0v) is 17.9. The molecule has 1 amide bonds. The van der Waals surface area contributed by atoms with Crippen LogP contribution in [0.25, 0.3) is 0 Å². The van der Waals surface area contributed by atoms with Gasteiger partial charge in [0.15, 0.2) is 5.16 Å². The average molecular weight is 424 g/mol. The lowest BCUT2D eigenvalue weighted by molar-refractivity contribution is -0.119. The van der Waals surface area contributed by atoms with Gasteiger partial charge in [0.1, 0.15) is 11.0 Å². The highest BCUT2D eigenvalue weighted by molar-refractivity contribution is 7.98. The summed E-state index contributed by atoms with van der Waals surface area (Å²) in [7, 11) is 0. The number of esters is 1. The molecule has 0 saturated carbocycles. The number of ether oxygens (including phenoxy) is 1. The van der Waals surface area contributed by atoms with Crippen LogP contribution in [0.5, 0.6) is 0 Å². The van der Waals surface area contributed by atoms with Gasteiger partial charge in [0, 0.05) is 4.88 Å². The van der Waals surface area contributed by atoms with E-state index >= 15 is 0 Å². The van der Waals surface area contributed by atoms with Crippen molar-refractivity contribution in [2.45, 2.75) is 57.1 Å². The van der Waals surface area contributed by atoms with E-state index in [4.69, 9.17) is 10.5 Å². The van der Waals surface area contributed by atoms with E-state index in [0.29, 0.717) is 28.7 Å². The molecule has 3 rings (SSSR count). The van der Waals surface area contributed by atoms with Gasteiger partial charge >= 0.3 is 5.97 Å². The number of rotatable bonds is 7. The number of carbonyl (C=O) groups is 2. The fraction of sp³-hybridized carbons (Fsp3) is 0.556. The molecular weight excluding hydrogens is 398 g/mol. The first-order valence-electron chi connectivity index (χ1n) is 9.38. The van der Waals surface area contributed by atoms with Gasteiger partial charge in [-0.1, -0.05) is 18.7 Å². The Labute approximate surface area is 172 Å². The number of nitrogens with zero attached hydrogens (tertiary/aromatic N) is 3. The second-order valence-electron chi connectivity index (χ2n) is 6.46. The Kier molecular flexibility index (Phi) is 6.61. The Balaban J connectivity index is 1.93. The fourth-order valence-electron chi connectivity index (χ4n) is 3.47. The summed E-state index contributed by atoms with van der Waals surface area (Å²) in [5.41, 5.74) is 7.47. The van der Waals surface area contributed by atoms with E-state index in [1.807, 2.05) is 13.2 Å². The van der Waals surface area contributed by atoms with Crippen LogP contribution in [0.3, 0.4) is 0 Å². The predicted octanol–water partition coefficient (Wildman–Crippen LogP) is 3.29. The van der Waals surface area contributed by atoms with Gasteiger partial charge in [-0.25, -0.2) is 4.79 Å². The van der Waals surface area contributed by atoms with Crippen molar-refractivity contribution in [3.8, 4) is 0 Å². The van der Waals surface area contributed by atoms with Crippen LogP contribution >= 0.6 is 23.1 Å². The van der Waals surface area contributed by atoms with Crippen LogP contribution in [0.1, 0.15) is 60.0 Å². The molecule has 1 aliphatic carbocycles. The van der Waals surface area contributed by atoms with Crippen molar-refractivity contribution in [2.75, 3.05) is 23.9 Å². The number of carbonyl (C=O) groups excluding carboxylic acids is 2. The van der Waals surface area contributed by atoms with E-state index in [1.165, 1.54) is 23.1 Å². The van der Waals surface area contributed by atoms with Crippen LogP contribution in [0.2, 0.25) is 0 Å². The van der Waals surface area contributed by atoms with E-state index in [9.17, 15) is 9.59 Å². The predicted molar refractivity (Wildman–Crippen MR) is 111 cm³/mol. The molecule has 0 fully saturated rings. The topological polar surface area (TPSA) is 112 Å². The molecule has 2 aromatic heterocycles. The minimum absolute atomic E-state index is 0.197.